The third-order valence-corrected chi connectivity index (χ3v) is 1.02. The van der Waals surface area contributed by atoms with Gasteiger partial charge in [-0.2, -0.15) is 0 Å². The first kappa shape index (κ1) is 8.39. The number of carboxylic acids is 1. The average molecular weight is 132 g/mol. The number of hydrogen-bond acceptors (Lipinski definition) is 3. The number of aliphatic carboxylic acids is 1. The summed E-state index contributed by atoms with van der Waals surface area (Å²) in [7, 11) is 0. The van der Waals surface area contributed by atoms with Gasteiger partial charge in [-0.15, -0.1) is 0 Å². The Morgan fingerprint density at radius 2 is 2.44 bits per heavy atom. The van der Waals surface area contributed by atoms with E-state index in [1.165, 1.54) is 5.48 Å². The zero-order valence-electron chi connectivity index (χ0n) is 5.26. The zero-order chi connectivity index (χ0) is 7.28. The fourth-order valence-corrected chi connectivity index (χ4v) is 0.521. The van der Waals surface area contributed by atoms with Gasteiger partial charge in [-0.1, -0.05) is 13.3 Å². The van der Waals surface area contributed by atoms with Crippen LogP contribution in [0.25, 0.3) is 0 Å². The third kappa shape index (κ3) is 3.05. The van der Waals surface area contributed by atoms with Crippen LogP contribution in [0.5, 0.6) is 0 Å². The molecule has 2 N–H and O–H groups in total. The van der Waals surface area contributed by atoms with Gasteiger partial charge < -0.3 is 15.8 Å². The van der Waals surface area contributed by atoms with Crippen molar-refractivity contribution in [3.05, 3.63) is 5.21 Å². The van der Waals surface area contributed by atoms with Crippen molar-refractivity contribution in [1.82, 2.24) is 5.48 Å². The van der Waals surface area contributed by atoms with Crippen LogP contribution in [0.1, 0.15) is 19.8 Å². The van der Waals surface area contributed by atoms with E-state index in [2.05, 4.69) is 0 Å². The highest BCUT2D eigenvalue weighted by molar-refractivity contribution is 5.73. The Labute approximate surface area is 53.5 Å². The number of hydroxylamine groups is 1. The summed E-state index contributed by atoms with van der Waals surface area (Å²) in [5.74, 6) is -1.08. The van der Waals surface area contributed by atoms with Crippen LogP contribution >= 0.6 is 0 Å². The van der Waals surface area contributed by atoms with Gasteiger partial charge in [0.25, 0.3) is 0 Å². The number of carbonyl (C=O) groups is 1. The SMILES string of the molecule is CCC[C@@H](N[O-])C(=O)O. The van der Waals surface area contributed by atoms with Gasteiger partial charge >= 0.3 is 5.97 Å². The summed E-state index contributed by atoms with van der Waals surface area (Å²) in [6.07, 6.45) is 1.09. The molecule has 0 aliphatic carbocycles. The van der Waals surface area contributed by atoms with Crippen LogP contribution in [0.15, 0.2) is 0 Å². The molecule has 4 nitrogen and oxygen atoms in total. The Kier molecular flexibility index (Phi) is 4.00. The van der Waals surface area contributed by atoms with E-state index in [0.717, 1.165) is 0 Å². The molecule has 9 heavy (non-hydrogen) atoms. The van der Waals surface area contributed by atoms with Crippen LogP contribution in [0.4, 0.5) is 0 Å². The molecular formula is C5H10NO3-. The van der Waals surface area contributed by atoms with Crippen molar-refractivity contribution in [2.24, 2.45) is 0 Å². The summed E-state index contributed by atoms with van der Waals surface area (Å²) in [6.45, 7) is 1.83. The molecule has 0 saturated carbocycles. The lowest BCUT2D eigenvalue weighted by atomic mass is 10.2. The van der Waals surface area contributed by atoms with E-state index in [-0.39, 0.29) is 0 Å². The topological polar surface area (TPSA) is 72.4 Å². The maximum absolute atomic E-state index is 10.1. The average Bonchev–Trinajstić information content (AvgIpc) is 1.82. The molecule has 1 atom stereocenters. The highest BCUT2D eigenvalue weighted by Crippen LogP contribution is 1.94. The molecule has 4 heteroatoms. The van der Waals surface area contributed by atoms with Crippen molar-refractivity contribution in [3.63, 3.8) is 0 Å². The van der Waals surface area contributed by atoms with Gasteiger partial charge in [-0.3, -0.25) is 4.79 Å². The number of hydrogen-bond donors (Lipinski definition) is 2. The van der Waals surface area contributed by atoms with Crippen LogP contribution in [0.3, 0.4) is 0 Å². The number of rotatable bonds is 4. The summed E-state index contributed by atoms with van der Waals surface area (Å²) < 4.78 is 0. The lowest BCUT2D eigenvalue weighted by molar-refractivity contribution is -0.139. The van der Waals surface area contributed by atoms with Gasteiger partial charge in [0.15, 0.2) is 0 Å². The Hall–Kier alpha value is -0.610. The van der Waals surface area contributed by atoms with E-state index in [9.17, 15) is 10.0 Å². The molecule has 0 aliphatic rings. The molecule has 0 heterocycles. The van der Waals surface area contributed by atoms with E-state index in [0.29, 0.717) is 12.8 Å². The summed E-state index contributed by atoms with van der Waals surface area (Å²) in [5, 5.41) is 18.1. The minimum Gasteiger partial charge on any atom is -0.787 e. The molecule has 0 aromatic carbocycles. The minimum atomic E-state index is -1.08. The quantitative estimate of drug-likeness (QED) is 0.540. The van der Waals surface area contributed by atoms with E-state index in [1.807, 2.05) is 6.92 Å². The normalized spacial score (nSPS) is 13.1. The Morgan fingerprint density at radius 1 is 1.89 bits per heavy atom. The first-order chi connectivity index (χ1) is 4.22. The smallest absolute Gasteiger partial charge is 0.319 e. The largest absolute Gasteiger partial charge is 0.787 e. The third-order valence-electron chi connectivity index (χ3n) is 1.02. The monoisotopic (exact) mass is 132 g/mol. The fraction of sp³-hybridized carbons (Fsp3) is 0.800. The minimum absolute atomic E-state index is 0.388. The summed E-state index contributed by atoms with van der Waals surface area (Å²) in [4.78, 5) is 10.1. The molecule has 0 bridgehead atoms. The van der Waals surface area contributed by atoms with Crippen LogP contribution in [-0.4, -0.2) is 17.1 Å². The van der Waals surface area contributed by atoms with E-state index < -0.39 is 12.0 Å². The first-order valence-electron chi connectivity index (χ1n) is 2.82. The van der Waals surface area contributed by atoms with Gasteiger partial charge in [-0.25, -0.2) is 0 Å². The van der Waals surface area contributed by atoms with Gasteiger partial charge in [0, 0.05) is 0 Å². The van der Waals surface area contributed by atoms with Gasteiger partial charge in [0.2, 0.25) is 0 Å². The molecule has 0 rings (SSSR count). The van der Waals surface area contributed by atoms with Gasteiger partial charge in [-0.05, 0) is 6.42 Å². The predicted octanol–water partition coefficient (Wildman–Crippen LogP) is 0.327. The molecule has 0 spiro atoms. The second-order valence-electron chi connectivity index (χ2n) is 1.80. The fourth-order valence-electron chi connectivity index (χ4n) is 0.521. The van der Waals surface area contributed by atoms with Crippen molar-refractivity contribution in [1.29, 1.82) is 0 Å². The molecule has 0 aromatic rings. The van der Waals surface area contributed by atoms with Crippen LogP contribution < -0.4 is 5.48 Å². The zero-order valence-corrected chi connectivity index (χ0v) is 5.26. The van der Waals surface area contributed by atoms with Crippen molar-refractivity contribution in [2.75, 3.05) is 0 Å². The molecule has 0 aliphatic heterocycles. The number of nitrogens with one attached hydrogen (secondary N) is 1. The molecule has 0 saturated heterocycles. The summed E-state index contributed by atoms with van der Waals surface area (Å²) in [5.41, 5.74) is 1.45. The van der Waals surface area contributed by atoms with Crippen LogP contribution in [0, 0.1) is 5.21 Å². The summed E-state index contributed by atoms with van der Waals surface area (Å²) >= 11 is 0. The molecule has 0 unspecified atom stereocenters. The van der Waals surface area contributed by atoms with Crippen molar-refractivity contribution in [2.45, 2.75) is 25.8 Å². The lowest BCUT2D eigenvalue weighted by Crippen LogP contribution is -2.32. The van der Waals surface area contributed by atoms with E-state index in [1.54, 1.807) is 0 Å². The maximum atomic E-state index is 10.1. The molecule has 0 fully saturated rings. The highest BCUT2D eigenvalue weighted by atomic mass is 16.5. The second-order valence-corrected chi connectivity index (χ2v) is 1.80. The first-order valence-corrected chi connectivity index (χ1v) is 2.82. The molecule has 54 valence electrons. The number of carboxylic acid groups (broad SMARTS) is 1. The summed E-state index contributed by atoms with van der Waals surface area (Å²) in [6, 6.07) is -0.921. The maximum Gasteiger partial charge on any atom is 0.319 e. The Bertz CT molecular complexity index is 94.2. The molecule has 0 amide bonds. The van der Waals surface area contributed by atoms with Crippen molar-refractivity contribution >= 4 is 5.97 Å². The second kappa shape index (κ2) is 4.29. The van der Waals surface area contributed by atoms with Crippen LogP contribution in [-0.2, 0) is 4.79 Å². The Morgan fingerprint density at radius 3 is 2.56 bits per heavy atom. The van der Waals surface area contributed by atoms with Crippen LogP contribution in [0.2, 0.25) is 0 Å². The lowest BCUT2D eigenvalue weighted by Gasteiger charge is -2.15. The molecule has 0 radical (unpaired) electrons. The Balaban J connectivity index is 3.54. The van der Waals surface area contributed by atoms with Crippen molar-refractivity contribution < 1.29 is 9.90 Å². The predicted molar refractivity (Wildman–Crippen MR) is 32.8 cm³/mol. The van der Waals surface area contributed by atoms with Gasteiger partial charge in [0.1, 0.15) is 0 Å². The molecular weight excluding hydrogens is 122 g/mol. The highest BCUT2D eigenvalue weighted by Gasteiger charge is 2.09. The standard InChI is InChI=1S/C5H10NO3/c1-2-3-4(6-9)5(7)8/h4,6H,2-3H2,1H3,(H,7,8)/q-1/t4-/m1/s1. The molecule has 0 aromatic heterocycles. The van der Waals surface area contributed by atoms with E-state index in [4.69, 9.17) is 5.11 Å². The van der Waals surface area contributed by atoms with E-state index >= 15 is 0 Å². The van der Waals surface area contributed by atoms with Gasteiger partial charge in [0.05, 0.1) is 6.04 Å². The van der Waals surface area contributed by atoms with Crippen molar-refractivity contribution in [3.8, 4) is 0 Å².